The first-order chi connectivity index (χ1) is 18.1. The van der Waals surface area contributed by atoms with Gasteiger partial charge in [0.25, 0.3) is 0 Å². The Labute approximate surface area is 219 Å². The molecule has 37 heavy (non-hydrogen) atoms. The number of carboxylic acid groups (broad SMARTS) is 1. The maximum absolute atomic E-state index is 10.6. The number of methoxy groups -OCH3 is 1. The summed E-state index contributed by atoms with van der Waals surface area (Å²) in [5, 5.41) is 8.67. The lowest BCUT2D eigenvalue weighted by atomic mass is 9.96. The minimum Gasteiger partial charge on any atom is -0.493 e. The normalized spacial score (nSPS) is 15.0. The molecule has 6 heteroatoms. The number of rotatable bonds is 11. The fraction of sp³-hybridized carbons (Fsp3) is 0.258. The van der Waals surface area contributed by atoms with Crippen molar-refractivity contribution in [3.05, 3.63) is 114 Å². The smallest absolute Gasteiger partial charge is 0.328 e. The first kappa shape index (κ1) is 26.2. The third kappa shape index (κ3) is 7.56. The summed E-state index contributed by atoms with van der Waals surface area (Å²) in [6.45, 7) is 5.40. The predicted octanol–water partition coefficient (Wildman–Crippen LogP) is 5.14. The topological polar surface area (TPSA) is 62.2 Å². The van der Waals surface area contributed by atoms with Crippen molar-refractivity contribution in [3.63, 3.8) is 0 Å². The molecule has 0 unspecified atom stereocenters. The van der Waals surface area contributed by atoms with Crippen LogP contribution in [0.1, 0.15) is 22.7 Å². The highest BCUT2D eigenvalue weighted by Crippen LogP contribution is 2.30. The van der Waals surface area contributed by atoms with Gasteiger partial charge in [-0.05, 0) is 28.8 Å². The Hall–Kier alpha value is -3.87. The maximum atomic E-state index is 10.6. The number of benzene rings is 3. The van der Waals surface area contributed by atoms with E-state index in [1.807, 2.05) is 24.3 Å². The van der Waals surface area contributed by atoms with E-state index >= 15 is 0 Å². The Morgan fingerprint density at radius 1 is 0.892 bits per heavy atom. The first-order valence-electron chi connectivity index (χ1n) is 12.6. The van der Waals surface area contributed by atoms with Crippen LogP contribution in [-0.2, 0) is 4.79 Å². The largest absolute Gasteiger partial charge is 0.493 e. The van der Waals surface area contributed by atoms with E-state index in [9.17, 15) is 4.79 Å². The van der Waals surface area contributed by atoms with Crippen molar-refractivity contribution >= 4 is 12.0 Å². The molecular formula is C31H34N2O4. The van der Waals surface area contributed by atoms with Gasteiger partial charge in [-0.3, -0.25) is 9.80 Å². The van der Waals surface area contributed by atoms with Crippen LogP contribution in [0.25, 0.3) is 6.08 Å². The summed E-state index contributed by atoms with van der Waals surface area (Å²) in [7, 11) is 1.62. The molecule has 1 saturated heterocycles. The van der Waals surface area contributed by atoms with Crippen LogP contribution in [0.5, 0.6) is 11.5 Å². The molecule has 0 atom stereocenters. The third-order valence-corrected chi connectivity index (χ3v) is 6.49. The first-order valence-corrected chi connectivity index (χ1v) is 12.6. The summed E-state index contributed by atoms with van der Waals surface area (Å²) in [6, 6.07) is 27.5. The Bertz CT molecular complexity index is 1150. The number of hydrogen-bond donors (Lipinski definition) is 1. The van der Waals surface area contributed by atoms with Gasteiger partial charge in [0.05, 0.1) is 13.2 Å². The molecule has 1 heterocycles. The summed E-state index contributed by atoms with van der Waals surface area (Å²) in [5.74, 6) is 0.384. The van der Waals surface area contributed by atoms with Crippen LogP contribution in [0.15, 0.2) is 97.1 Å². The van der Waals surface area contributed by atoms with E-state index in [2.05, 4.69) is 70.5 Å². The van der Waals surface area contributed by atoms with E-state index in [0.29, 0.717) is 18.1 Å². The average molecular weight is 499 g/mol. The predicted molar refractivity (Wildman–Crippen MR) is 147 cm³/mol. The second kappa shape index (κ2) is 13.4. The van der Waals surface area contributed by atoms with Crippen molar-refractivity contribution in [2.24, 2.45) is 0 Å². The van der Waals surface area contributed by atoms with Gasteiger partial charge in [0.1, 0.15) is 6.61 Å². The molecule has 0 bridgehead atoms. The molecule has 0 amide bonds. The molecule has 0 aromatic heterocycles. The quantitative estimate of drug-likeness (QED) is 0.292. The fourth-order valence-corrected chi connectivity index (χ4v) is 4.63. The van der Waals surface area contributed by atoms with Crippen molar-refractivity contribution in [1.29, 1.82) is 0 Å². The highest BCUT2D eigenvalue weighted by atomic mass is 16.5. The zero-order chi connectivity index (χ0) is 25.9. The highest BCUT2D eigenvalue weighted by Gasteiger charge is 2.26. The van der Waals surface area contributed by atoms with Gasteiger partial charge in [-0.15, -0.1) is 0 Å². The van der Waals surface area contributed by atoms with Crippen molar-refractivity contribution in [2.75, 3.05) is 46.4 Å². The van der Waals surface area contributed by atoms with E-state index < -0.39 is 5.97 Å². The van der Waals surface area contributed by atoms with Crippen molar-refractivity contribution in [1.82, 2.24) is 9.80 Å². The van der Waals surface area contributed by atoms with Gasteiger partial charge in [-0.25, -0.2) is 4.79 Å². The molecule has 1 N–H and O–H groups in total. The number of piperazine rings is 1. The van der Waals surface area contributed by atoms with Gasteiger partial charge >= 0.3 is 5.97 Å². The third-order valence-electron chi connectivity index (χ3n) is 6.49. The summed E-state index contributed by atoms with van der Waals surface area (Å²) in [4.78, 5) is 15.6. The highest BCUT2D eigenvalue weighted by molar-refractivity contribution is 5.80. The molecule has 192 valence electrons. The van der Waals surface area contributed by atoms with Gasteiger partial charge < -0.3 is 14.6 Å². The Kier molecular flexibility index (Phi) is 9.52. The monoisotopic (exact) mass is 498 g/mol. The number of nitrogens with zero attached hydrogens (tertiary/aromatic N) is 2. The van der Waals surface area contributed by atoms with Gasteiger partial charge in [0.15, 0.2) is 11.5 Å². The number of carbonyl (C=O) groups is 1. The Morgan fingerprint density at radius 3 is 2.14 bits per heavy atom. The Morgan fingerprint density at radius 2 is 1.54 bits per heavy atom. The molecule has 6 nitrogen and oxygen atoms in total. The molecule has 3 aromatic carbocycles. The number of hydrogen-bond acceptors (Lipinski definition) is 5. The molecule has 0 radical (unpaired) electrons. The van der Waals surface area contributed by atoms with E-state index in [1.165, 1.54) is 17.2 Å². The summed E-state index contributed by atoms with van der Waals surface area (Å²) >= 11 is 0. The van der Waals surface area contributed by atoms with Crippen molar-refractivity contribution in [2.45, 2.75) is 6.04 Å². The summed E-state index contributed by atoms with van der Waals surface area (Å²) in [5.41, 5.74) is 3.56. The van der Waals surface area contributed by atoms with Gasteiger partial charge in [-0.1, -0.05) is 85.0 Å². The lowest BCUT2D eigenvalue weighted by molar-refractivity contribution is -0.131. The number of carboxylic acids is 1. The molecule has 1 fully saturated rings. The van der Waals surface area contributed by atoms with E-state index in [1.54, 1.807) is 13.2 Å². The van der Waals surface area contributed by atoms with Crippen LogP contribution >= 0.6 is 0 Å². The molecule has 4 rings (SSSR count). The number of allylic oxidation sites excluding steroid dienone is 2. The Balaban J connectivity index is 1.30. The van der Waals surface area contributed by atoms with Gasteiger partial charge in [0.2, 0.25) is 0 Å². The lowest BCUT2D eigenvalue weighted by Gasteiger charge is -2.39. The van der Waals surface area contributed by atoms with Crippen LogP contribution < -0.4 is 9.47 Å². The van der Waals surface area contributed by atoms with E-state index in [0.717, 1.165) is 44.4 Å². The zero-order valence-corrected chi connectivity index (χ0v) is 21.2. The van der Waals surface area contributed by atoms with Crippen LogP contribution in [0, 0.1) is 0 Å². The van der Waals surface area contributed by atoms with Crippen molar-refractivity contribution in [3.8, 4) is 11.5 Å². The standard InChI is InChI=1S/C31H34N2O4/c1-36-29-24-25(10-8-9-15-30(34)35)16-17-28(29)37-23-22-32-18-20-33(21-19-32)31(26-11-4-2-5-12-26)27-13-6-3-7-14-27/h2-17,24,31H,18-23H2,1H3,(H,34,35). The maximum Gasteiger partial charge on any atom is 0.328 e. The molecule has 0 aliphatic carbocycles. The van der Waals surface area contributed by atoms with Gasteiger partial charge in [-0.2, -0.15) is 0 Å². The molecule has 0 saturated carbocycles. The lowest BCUT2D eigenvalue weighted by Crippen LogP contribution is -2.48. The zero-order valence-electron chi connectivity index (χ0n) is 21.2. The van der Waals surface area contributed by atoms with E-state index in [-0.39, 0.29) is 6.04 Å². The van der Waals surface area contributed by atoms with Crippen molar-refractivity contribution < 1.29 is 19.4 Å². The molecule has 1 aliphatic rings. The second-order valence-corrected chi connectivity index (χ2v) is 8.92. The summed E-state index contributed by atoms with van der Waals surface area (Å²) in [6.07, 6.45) is 6.09. The molecule has 0 spiro atoms. The van der Waals surface area contributed by atoms with Crippen LogP contribution in [0.2, 0.25) is 0 Å². The van der Waals surface area contributed by atoms with Crippen LogP contribution in [0.3, 0.4) is 0 Å². The summed E-state index contributed by atoms with van der Waals surface area (Å²) < 4.78 is 11.6. The molecular weight excluding hydrogens is 464 g/mol. The minimum absolute atomic E-state index is 0.261. The van der Waals surface area contributed by atoms with E-state index in [4.69, 9.17) is 14.6 Å². The van der Waals surface area contributed by atoms with Crippen LogP contribution in [-0.4, -0.2) is 67.3 Å². The number of ether oxygens (including phenoxy) is 2. The van der Waals surface area contributed by atoms with Gasteiger partial charge in [0, 0.05) is 38.8 Å². The van der Waals surface area contributed by atoms with Crippen LogP contribution in [0.4, 0.5) is 0 Å². The fourth-order valence-electron chi connectivity index (χ4n) is 4.63. The second-order valence-electron chi connectivity index (χ2n) is 8.92. The molecule has 1 aliphatic heterocycles. The SMILES string of the molecule is COc1cc(C=CC=CC(=O)O)ccc1OCCN1CCN(C(c2ccccc2)c2ccccc2)CC1. The molecule has 3 aromatic rings. The average Bonchev–Trinajstić information content (AvgIpc) is 2.94. The number of aliphatic carboxylic acids is 1. The minimum atomic E-state index is -0.973.